The summed E-state index contributed by atoms with van der Waals surface area (Å²) in [6.45, 7) is 8.83. The molecule has 3 rings (SSSR count). The van der Waals surface area contributed by atoms with Gasteiger partial charge in [-0.1, -0.05) is 24.3 Å². The molecule has 1 N–H and O–H groups in total. The molecule has 1 aromatic carbocycles. The third-order valence-electron chi connectivity index (χ3n) is 4.28. The van der Waals surface area contributed by atoms with Crippen molar-refractivity contribution in [3.8, 4) is 0 Å². The van der Waals surface area contributed by atoms with Crippen molar-refractivity contribution in [1.29, 1.82) is 0 Å². The number of hydrogen-bond donors (Lipinski definition) is 1. The van der Waals surface area contributed by atoms with E-state index in [1.54, 1.807) is 5.56 Å². The number of rotatable bonds is 5. The predicted molar refractivity (Wildman–Crippen MR) is 90.6 cm³/mol. The molecule has 0 spiro atoms. The number of thiophene rings is 1. The first-order chi connectivity index (χ1) is 10.2. The molecule has 0 aliphatic carbocycles. The molecule has 0 saturated heterocycles. The fourth-order valence-corrected chi connectivity index (χ4v) is 3.73. The van der Waals surface area contributed by atoms with E-state index in [1.165, 1.54) is 16.0 Å². The Hall–Kier alpha value is -1.16. The Labute approximate surface area is 131 Å². The summed E-state index contributed by atoms with van der Waals surface area (Å²) in [4.78, 5) is 4.03. The lowest BCUT2D eigenvalue weighted by Crippen LogP contribution is -2.31. The van der Waals surface area contributed by atoms with Gasteiger partial charge < -0.3 is 5.32 Å². The zero-order chi connectivity index (χ0) is 14.7. The molecule has 0 unspecified atom stereocenters. The first kappa shape index (κ1) is 14.8. The highest BCUT2D eigenvalue weighted by Crippen LogP contribution is 2.22. The zero-order valence-electron chi connectivity index (χ0n) is 12.9. The van der Waals surface area contributed by atoms with E-state index >= 15 is 0 Å². The van der Waals surface area contributed by atoms with Gasteiger partial charge in [0.2, 0.25) is 0 Å². The lowest BCUT2D eigenvalue weighted by molar-refractivity contribution is 0.205. The summed E-state index contributed by atoms with van der Waals surface area (Å²) in [5.41, 5.74) is 4.57. The molecule has 2 nitrogen and oxygen atoms in total. The minimum Gasteiger partial charge on any atom is -0.312 e. The summed E-state index contributed by atoms with van der Waals surface area (Å²) in [5, 5.41) is 5.64. The quantitative estimate of drug-likeness (QED) is 0.903. The van der Waals surface area contributed by atoms with Gasteiger partial charge in [0.15, 0.2) is 0 Å². The molecule has 2 aromatic rings. The van der Waals surface area contributed by atoms with E-state index < -0.39 is 0 Å². The van der Waals surface area contributed by atoms with Gasteiger partial charge in [0.1, 0.15) is 0 Å². The number of nitrogens with one attached hydrogen (secondary N) is 1. The molecular weight excluding hydrogens is 276 g/mol. The van der Waals surface area contributed by atoms with Crippen molar-refractivity contribution in [2.75, 3.05) is 6.54 Å². The van der Waals surface area contributed by atoms with Gasteiger partial charge in [-0.25, -0.2) is 0 Å². The van der Waals surface area contributed by atoms with Crippen LogP contribution in [0.4, 0.5) is 0 Å². The zero-order valence-corrected chi connectivity index (χ0v) is 13.7. The van der Waals surface area contributed by atoms with Crippen molar-refractivity contribution in [3.05, 3.63) is 57.3 Å². The van der Waals surface area contributed by atoms with Gasteiger partial charge in [0.05, 0.1) is 0 Å². The summed E-state index contributed by atoms with van der Waals surface area (Å²) >= 11 is 1.86. The molecule has 112 valence electrons. The van der Waals surface area contributed by atoms with Crippen LogP contribution in [0.1, 0.15) is 35.4 Å². The Morgan fingerprint density at radius 3 is 2.86 bits per heavy atom. The summed E-state index contributed by atoms with van der Waals surface area (Å²) in [7, 11) is 0. The van der Waals surface area contributed by atoms with Crippen molar-refractivity contribution >= 4 is 11.3 Å². The van der Waals surface area contributed by atoms with E-state index in [-0.39, 0.29) is 0 Å². The third-order valence-corrected chi connectivity index (χ3v) is 5.14. The molecule has 0 atom stereocenters. The summed E-state index contributed by atoms with van der Waals surface area (Å²) in [6, 6.07) is 11.7. The van der Waals surface area contributed by atoms with Crippen molar-refractivity contribution < 1.29 is 0 Å². The monoisotopic (exact) mass is 300 g/mol. The molecule has 1 aliphatic rings. The van der Waals surface area contributed by atoms with Crippen molar-refractivity contribution in [2.24, 2.45) is 0 Å². The van der Waals surface area contributed by atoms with E-state index in [0.29, 0.717) is 6.04 Å². The van der Waals surface area contributed by atoms with Gasteiger partial charge in [0, 0.05) is 30.6 Å². The Kier molecular flexibility index (Phi) is 4.73. The second-order valence-electron chi connectivity index (χ2n) is 6.06. The minimum atomic E-state index is 0.560. The molecule has 0 bridgehead atoms. The Bertz CT molecular complexity index is 575. The molecule has 3 heteroatoms. The van der Waals surface area contributed by atoms with Gasteiger partial charge in [-0.3, -0.25) is 4.90 Å². The molecule has 0 fully saturated rings. The Morgan fingerprint density at radius 1 is 1.19 bits per heavy atom. The summed E-state index contributed by atoms with van der Waals surface area (Å²) in [6.07, 6.45) is 1.16. The van der Waals surface area contributed by atoms with Crippen LogP contribution in [-0.2, 0) is 26.1 Å². The predicted octanol–water partition coefficient (Wildman–Crippen LogP) is 3.80. The Balaban J connectivity index is 1.79. The van der Waals surface area contributed by atoms with Gasteiger partial charge in [-0.15, -0.1) is 11.3 Å². The number of fused-ring (bicyclic) bond motifs is 1. The highest BCUT2D eigenvalue weighted by molar-refractivity contribution is 7.09. The molecule has 0 radical (unpaired) electrons. The molecule has 1 aliphatic heterocycles. The lowest BCUT2D eigenvalue weighted by Gasteiger charge is -2.28. The van der Waals surface area contributed by atoms with Crippen LogP contribution in [0.2, 0.25) is 0 Å². The van der Waals surface area contributed by atoms with Gasteiger partial charge in [0.25, 0.3) is 0 Å². The molecule has 1 aromatic heterocycles. The number of nitrogens with zero attached hydrogens (tertiary/aromatic N) is 1. The van der Waals surface area contributed by atoms with E-state index in [4.69, 9.17) is 0 Å². The second kappa shape index (κ2) is 6.73. The topological polar surface area (TPSA) is 15.3 Å². The summed E-state index contributed by atoms with van der Waals surface area (Å²) in [5.74, 6) is 0. The third kappa shape index (κ3) is 3.54. The van der Waals surface area contributed by atoms with Crippen LogP contribution < -0.4 is 5.32 Å². The van der Waals surface area contributed by atoms with E-state index in [0.717, 1.165) is 32.6 Å². The lowest BCUT2D eigenvalue weighted by atomic mass is 9.95. The maximum absolute atomic E-state index is 3.47. The van der Waals surface area contributed by atoms with Gasteiger partial charge >= 0.3 is 0 Å². The van der Waals surface area contributed by atoms with Crippen molar-refractivity contribution in [1.82, 2.24) is 10.2 Å². The minimum absolute atomic E-state index is 0.560. The number of hydrogen-bond acceptors (Lipinski definition) is 3. The highest BCUT2D eigenvalue weighted by Gasteiger charge is 2.17. The van der Waals surface area contributed by atoms with Crippen LogP contribution in [0.15, 0.2) is 35.7 Å². The molecular formula is C18H24N2S. The first-order valence-corrected chi connectivity index (χ1v) is 8.69. The average molecular weight is 300 g/mol. The molecule has 0 amide bonds. The highest BCUT2D eigenvalue weighted by atomic mass is 32.1. The number of benzene rings is 1. The van der Waals surface area contributed by atoms with Crippen molar-refractivity contribution in [3.63, 3.8) is 0 Å². The second-order valence-corrected chi connectivity index (χ2v) is 7.09. The van der Waals surface area contributed by atoms with E-state index in [1.807, 2.05) is 11.3 Å². The first-order valence-electron chi connectivity index (χ1n) is 7.81. The van der Waals surface area contributed by atoms with Crippen LogP contribution >= 0.6 is 11.3 Å². The smallest absolute Gasteiger partial charge is 0.0334 e. The van der Waals surface area contributed by atoms with Crippen LogP contribution in [0.5, 0.6) is 0 Å². The van der Waals surface area contributed by atoms with E-state index in [2.05, 4.69) is 59.8 Å². The van der Waals surface area contributed by atoms with Crippen LogP contribution in [0, 0.1) is 0 Å². The fourth-order valence-electron chi connectivity index (χ4n) is 3.00. The standard InChI is InChI=1S/C18H24N2S/c1-14(2)20(13-17-7-4-10-21-17)12-16-6-3-5-15-11-19-9-8-18(15)16/h3-7,10,14,19H,8-9,11-13H2,1-2H3. The van der Waals surface area contributed by atoms with Crippen LogP contribution in [0.3, 0.4) is 0 Å². The van der Waals surface area contributed by atoms with E-state index in [9.17, 15) is 0 Å². The normalized spacial score (nSPS) is 14.7. The maximum Gasteiger partial charge on any atom is 0.0334 e. The van der Waals surface area contributed by atoms with Gasteiger partial charge in [-0.05, 0) is 54.9 Å². The molecule has 0 saturated carbocycles. The molecule has 2 heterocycles. The largest absolute Gasteiger partial charge is 0.312 e. The van der Waals surface area contributed by atoms with Crippen LogP contribution in [0.25, 0.3) is 0 Å². The molecule has 21 heavy (non-hydrogen) atoms. The van der Waals surface area contributed by atoms with Crippen LogP contribution in [-0.4, -0.2) is 17.5 Å². The van der Waals surface area contributed by atoms with Crippen molar-refractivity contribution in [2.45, 2.75) is 45.9 Å². The SMILES string of the molecule is CC(C)N(Cc1cccs1)Cc1cccc2c1CCNC2. The Morgan fingerprint density at radius 2 is 2.10 bits per heavy atom. The summed E-state index contributed by atoms with van der Waals surface area (Å²) < 4.78 is 0. The maximum atomic E-state index is 3.47. The average Bonchev–Trinajstić information content (AvgIpc) is 3.00. The fraction of sp³-hybridized carbons (Fsp3) is 0.444. The van der Waals surface area contributed by atoms with Gasteiger partial charge in [-0.2, -0.15) is 0 Å².